The van der Waals surface area contributed by atoms with Crippen LogP contribution in [0.4, 0.5) is 4.39 Å². The van der Waals surface area contributed by atoms with E-state index in [0.29, 0.717) is 24.8 Å². The standard InChI is InChI=1S/C16H21FN4O3S2.HI/c1-11(24-13-5-3-4-12(17)8-13)9-20-16(19-2)21-10-14-6-7-15(25-14)26(18,22)23;/h3-8,11H,9-10H2,1-2H3,(H2,18,22,23)(H2,19,20,21);1H. The predicted molar refractivity (Wildman–Crippen MR) is 116 cm³/mol. The zero-order chi connectivity index (χ0) is 19.2. The third-order valence-corrected chi connectivity index (χ3v) is 5.79. The van der Waals surface area contributed by atoms with Crippen LogP contribution in [0.5, 0.6) is 5.75 Å². The van der Waals surface area contributed by atoms with Crippen LogP contribution >= 0.6 is 35.3 Å². The number of nitrogens with one attached hydrogen (secondary N) is 2. The molecular formula is C16H22FIN4O3S2. The molecular weight excluding hydrogens is 506 g/mol. The number of ether oxygens (including phenoxy) is 1. The molecule has 0 saturated heterocycles. The quantitative estimate of drug-likeness (QED) is 0.291. The van der Waals surface area contributed by atoms with Crippen molar-refractivity contribution in [2.75, 3.05) is 13.6 Å². The van der Waals surface area contributed by atoms with Crippen molar-refractivity contribution in [2.45, 2.75) is 23.8 Å². The minimum absolute atomic E-state index is 0. The molecule has 0 saturated carbocycles. The van der Waals surface area contributed by atoms with Crippen LogP contribution in [0.25, 0.3) is 0 Å². The minimum Gasteiger partial charge on any atom is -0.489 e. The van der Waals surface area contributed by atoms with Crippen LogP contribution in [0.2, 0.25) is 0 Å². The van der Waals surface area contributed by atoms with Gasteiger partial charge in [-0.3, -0.25) is 4.99 Å². The van der Waals surface area contributed by atoms with Gasteiger partial charge >= 0.3 is 0 Å². The van der Waals surface area contributed by atoms with Crippen LogP contribution in [-0.4, -0.2) is 34.1 Å². The maximum atomic E-state index is 13.2. The number of hydrogen-bond acceptors (Lipinski definition) is 5. The first-order valence-electron chi connectivity index (χ1n) is 7.76. The van der Waals surface area contributed by atoms with Gasteiger partial charge in [0, 0.05) is 18.0 Å². The molecule has 150 valence electrons. The van der Waals surface area contributed by atoms with Crippen LogP contribution in [0, 0.1) is 5.82 Å². The summed E-state index contributed by atoms with van der Waals surface area (Å²) >= 11 is 1.10. The van der Waals surface area contributed by atoms with E-state index in [2.05, 4.69) is 15.6 Å². The van der Waals surface area contributed by atoms with Crippen molar-refractivity contribution in [3.8, 4) is 5.75 Å². The molecule has 27 heavy (non-hydrogen) atoms. The molecule has 2 rings (SSSR count). The van der Waals surface area contributed by atoms with Gasteiger partial charge in [0.05, 0.1) is 13.1 Å². The second-order valence-electron chi connectivity index (χ2n) is 5.46. The SMILES string of the molecule is CN=C(NCc1ccc(S(N)(=O)=O)s1)NCC(C)Oc1cccc(F)c1.I. The summed E-state index contributed by atoms with van der Waals surface area (Å²) in [5.41, 5.74) is 0. The fraction of sp³-hybridized carbons (Fsp3) is 0.312. The van der Waals surface area contributed by atoms with Crippen LogP contribution in [-0.2, 0) is 16.6 Å². The maximum absolute atomic E-state index is 13.2. The van der Waals surface area contributed by atoms with Crippen LogP contribution in [0.3, 0.4) is 0 Å². The molecule has 1 atom stereocenters. The zero-order valence-corrected chi connectivity index (χ0v) is 18.8. The van der Waals surface area contributed by atoms with Crippen molar-refractivity contribution in [1.29, 1.82) is 0 Å². The van der Waals surface area contributed by atoms with E-state index < -0.39 is 10.0 Å². The number of primary sulfonamides is 1. The van der Waals surface area contributed by atoms with Crippen molar-refractivity contribution in [3.05, 3.63) is 47.1 Å². The Kier molecular flexibility index (Phi) is 9.42. The zero-order valence-electron chi connectivity index (χ0n) is 14.8. The number of aliphatic imine (C=N–C) groups is 1. The highest BCUT2D eigenvalue weighted by molar-refractivity contribution is 14.0. The first-order valence-corrected chi connectivity index (χ1v) is 10.1. The number of thiophene rings is 1. The van der Waals surface area contributed by atoms with E-state index >= 15 is 0 Å². The Morgan fingerprint density at radius 1 is 1.33 bits per heavy atom. The van der Waals surface area contributed by atoms with Gasteiger partial charge in [-0.05, 0) is 31.2 Å². The number of rotatable bonds is 7. The third kappa shape index (κ3) is 7.99. The van der Waals surface area contributed by atoms with E-state index in [4.69, 9.17) is 9.88 Å². The van der Waals surface area contributed by atoms with Gasteiger partial charge in [0.25, 0.3) is 0 Å². The monoisotopic (exact) mass is 528 g/mol. The van der Waals surface area contributed by atoms with Gasteiger partial charge in [-0.15, -0.1) is 35.3 Å². The first kappa shape index (κ1) is 23.6. The molecule has 0 spiro atoms. The highest BCUT2D eigenvalue weighted by Gasteiger charge is 2.11. The van der Waals surface area contributed by atoms with Crippen molar-refractivity contribution in [2.24, 2.45) is 10.1 Å². The van der Waals surface area contributed by atoms with E-state index in [0.717, 1.165) is 16.2 Å². The Balaban J connectivity index is 0.00000364. The van der Waals surface area contributed by atoms with Crippen molar-refractivity contribution in [3.63, 3.8) is 0 Å². The van der Waals surface area contributed by atoms with Crippen molar-refractivity contribution >= 4 is 51.3 Å². The van der Waals surface area contributed by atoms with Gasteiger partial charge < -0.3 is 15.4 Å². The normalized spacial score (nSPS) is 12.8. The summed E-state index contributed by atoms with van der Waals surface area (Å²) in [6.45, 7) is 2.70. The molecule has 11 heteroatoms. The molecule has 7 nitrogen and oxygen atoms in total. The number of nitrogens with zero attached hydrogens (tertiary/aromatic N) is 1. The summed E-state index contributed by atoms with van der Waals surface area (Å²) in [7, 11) is -2.06. The first-order chi connectivity index (χ1) is 12.3. The van der Waals surface area contributed by atoms with E-state index in [1.165, 1.54) is 18.2 Å². The molecule has 1 heterocycles. The van der Waals surface area contributed by atoms with Gasteiger partial charge in [0.1, 0.15) is 21.9 Å². The van der Waals surface area contributed by atoms with E-state index in [9.17, 15) is 12.8 Å². The third-order valence-electron chi connectivity index (χ3n) is 3.26. The molecule has 0 aliphatic rings. The van der Waals surface area contributed by atoms with Crippen molar-refractivity contribution in [1.82, 2.24) is 10.6 Å². The molecule has 4 N–H and O–H groups in total. The summed E-state index contributed by atoms with van der Waals surface area (Å²) in [6.07, 6.45) is -0.217. The maximum Gasteiger partial charge on any atom is 0.247 e. The number of guanidine groups is 1. The predicted octanol–water partition coefficient (Wildman–Crippen LogP) is 2.29. The fourth-order valence-corrected chi connectivity index (χ4v) is 3.77. The molecule has 1 unspecified atom stereocenters. The lowest BCUT2D eigenvalue weighted by molar-refractivity contribution is 0.223. The number of nitrogens with two attached hydrogens (primary N) is 1. The number of hydrogen-bond donors (Lipinski definition) is 3. The Labute approximate surface area is 179 Å². The molecule has 0 amide bonds. The molecule has 0 aliphatic heterocycles. The highest BCUT2D eigenvalue weighted by Crippen LogP contribution is 2.19. The molecule has 0 aliphatic carbocycles. The molecule has 0 bridgehead atoms. The lowest BCUT2D eigenvalue weighted by Crippen LogP contribution is -2.41. The fourth-order valence-electron chi connectivity index (χ4n) is 2.05. The van der Waals surface area contributed by atoms with Gasteiger partial charge in [-0.2, -0.15) is 0 Å². The van der Waals surface area contributed by atoms with E-state index in [-0.39, 0.29) is 40.1 Å². The van der Waals surface area contributed by atoms with Crippen LogP contribution in [0.1, 0.15) is 11.8 Å². The van der Waals surface area contributed by atoms with Gasteiger partial charge in [-0.1, -0.05) is 6.07 Å². The lowest BCUT2D eigenvalue weighted by Gasteiger charge is -2.17. The number of benzene rings is 1. The topological polar surface area (TPSA) is 106 Å². The van der Waals surface area contributed by atoms with Gasteiger partial charge in [-0.25, -0.2) is 17.9 Å². The van der Waals surface area contributed by atoms with Gasteiger partial charge in [0.15, 0.2) is 5.96 Å². The average Bonchev–Trinajstić information content (AvgIpc) is 3.04. The summed E-state index contributed by atoms with van der Waals surface area (Å²) in [5, 5.41) is 11.3. The van der Waals surface area contributed by atoms with Crippen LogP contribution in [0.15, 0.2) is 45.6 Å². The smallest absolute Gasteiger partial charge is 0.247 e. The molecule has 1 aromatic heterocycles. The largest absolute Gasteiger partial charge is 0.489 e. The summed E-state index contributed by atoms with van der Waals surface area (Å²) in [4.78, 5) is 4.90. The Morgan fingerprint density at radius 3 is 2.67 bits per heavy atom. The summed E-state index contributed by atoms with van der Waals surface area (Å²) in [6, 6.07) is 9.12. The number of halogens is 2. The van der Waals surface area contributed by atoms with E-state index in [1.54, 1.807) is 25.2 Å². The Hall–Kier alpha value is -1.44. The molecule has 1 aromatic carbocycles. The molecule has 0 radical (unpaired) electrons. The van der Waals surface area contributed by atoms with Gasteiger partial charge in [0.2, 0.25) is 10.0 Å². The van der Waals surface area contributed by atoms with Crippen LogP contribution < -0.4 is 20.5 Å². The van der Waals surface area contributed by atoms with Crippen molar-refractivity contribution < 1.29 is 17.5 Å². The Bertz CT molecular complexity index is 874. The number of sulfonamides is 1. The second kappa shape index (κ2) is 10.8. The lowest BCUT2D eigenvalue weighted by atomic mass is 10.3. The van der Waals surface area contributed by atoms with E-state index in [1.807, 2.05) is 6.92 Å². The second-order valence-corrected chi connectivity index (χ2v) is 8.41. The highest BCUT2D eigenvalue weighted by atomic mass is 127. The molecule has 2 aromatic rings. The summed E-state index contributed by atoms with van der Waals surface area (Å²) in [5.74, 6) is 0.636. The average molecular weight is 528 g/mol. The summed E-state index contributed by atoms with van der Waals surface area (Å²) < 4.78 is 41.5. The molecule has 0 fully saturated rings. The Morgan fingerprint density at radius 2 is 2.07 bits per heavy atom. The minimum atomic E-state index is -3.68.